The first-order valence-corrected chi connectivity index (χ1v) is 12.3. The van der Waals surface area contributed by atoms with Crippen LogP contribution in [0.2, 0.25) is 0 Å². The number of hydrogen-bond donors (Lipinski definition) is 1. The third-order valence-electron chi connectivity index (χ3n) is 6.58. The minimum absolute atomic E-state index is 0. The normalized spacial score (nSPS) is 25.4. The molecular weight excluding hydrogens is 507 g/mol. The largest absolute Gasteiger partial charge is 0.379 e. The van der Waals surface area contributed by atoms with E-state index in [9.17, 15) is 0 Å². The number of hydrogen-bond acceptors (Lipinski definition) is 5. The van der Waals surface area contributed by atoms with Crippen LogP contribution in [0.1, 0.15) is 52.9 Å². The number of guanidine groups is 1. The van der Waals surface area contributed by atoms with E-state index < -0.39 is 0 Å². The quantitative estimate of drug-likeness (QED) is 0.284. The average Bonchev–Trinajstić information content (AvgIpc) is 2.79. The Morgan fingerprint density at radius 1 is 1.06 bits per heavy atom. The highest BCUT2D eigenvalue weighted by molar-refractivity contribution is 14.0. The van der Waals surface area contributed by atoms with E-state index in [1.54, 1.807) is 0 Å². The summed E-state index contributed by atoms with van der Waals surface area (Å²) in [5, 5.41) is 3.52. The molecule has 3 fully saturated rings. The van der Waals surface area contributed by atoms with Crippen LogP contribution in [0.15, 0.2) is 4.99 Å². The molecule has 0 aromatic rings. The molecule has 31 heavy (non-hydrogen) atoms. The second-order valence-corrected chi connectivity index (χ2v) is 9.16. The molecule has 3 saturated heterocycles. The Bertz CT molecular complexity index is 503. The van der Waals surface area contributed by atoms with Gasteiger partial charge in [0.1, 0.15) is 0 Å². The first kappa shape index (κ1) is 27.1. The van der Waals surface area contributed by atoms with Gasteiger partial charge < -0.3 is 24.4 Å². The number of morpholine rings is 1. The Balaban J connectivity index is 0.00000341. The van der Waals surface area contributed by atoms with Gasteiger partial charge in [0.05, 0.1) is 38.6 Å². The van der Waals surface area contributed by atoms with E-state index in [2.05, 4.69) is 35.9 Å². The van der Waals surface area contributed by atoms with Crippen molar-refractivity contribution < 1.29 is 14.2 Å². The van der Waals surface area contributed by atoms with Gasteiger partial charge >= 0.3 is 0 Å². The number of rotatable bonds is 8. The average molecular weight is 553 g/mol. The SMILES string of the molecule is CCNC(=NCC(C(C)C)N1CCOCC1)N1CCC(OCC2CCCCO2)CC1.I. The molecular formula is C23H45IN4O3. The van der Waals surface area contributed by atoms with Gasteiger partial charge in [-0.2, -0.15) is 0 Å². The summed E-state index contributed by atoms with van der Waals surface area (Å²) in [6, 6.07) is 0.471. The Kier molecular flexibility index (Phi) is 13.0. The monoisotopic (exact) mass is 552 g/mol. The van der Waals surface area contributed by atoms with E-state index in [0.717, 1.165) is 90.9 Å². The van der Waals surface area contributed by atoms with Crippen molar-refractivity contribution in [2.75, 3.05) is 65.7 Å². The third-order valence-corrected chi connectivity index (χ3v) is 6.58. The van der Waals surface area contributed by atoms with Gasteiger partial charge in [0.25, 0.3) is 0 Å². The van der Waals surface area contributed by atoms with Crippen LogP contribution in [-0.2, 0) is 14.2 Å². The Hall–Kier alpha value is -0.160. The van der Waals surface area contributed by atoms with Crippen LogP contribution in [0.4, 0.5) is 0 Å². The molecule has 1 N–H and O–H groups in total. The molecule has 0 aliphatic carbocycles. The zero-order chi connectivity index (χ0) is 21.2. The number of halogens is 1. The summed E-state index contributed by atoms with van der Waals surface area (Å²) in [5.41, 5.74) is 0. The van der Waals surface area contributed by atoms with Crippen LogP contribution in [0.3, 0.4) is 0 Å². The molecule has 0 spiro atoms. The van der Waals surface area contributed by atoms with Gasteiger partial charge in [-0.3, -0.25) is 9.89 Å². The van der Waals surface area contributed by atoms with E-state index in [0.29, 0.717) is 24.2 Å². The molecule has 0 amide bonds. The Morgan fingerprint density at radius 2 is 1.81 bits per heavy atom. The second-order valence-electron chi connectivity index (χ2n) is 9.16. The molecule has 2 unspecified atom stereocenters. The molecule has 0 radical (unpaired) electrons. The lowest BCUT2D eigenvalue weighted by molar-refractivity contribution is -0.0721. The number of piperidine rings is 1. The lowest BCUT2D eigenvalue weighted by Crippen LogP contribution is -2.50. The van der Waals surface area contributed by atoms with Gasteiger partial charge in [-0.1, -0.05) is 13.8 Å². The van der Waals surface area contributed by atoms with Crippen LogP contribution in [0.25, 0.3) is 0 Å². The predicted molar refractivity (Wildman–Crippen MR) is 137 cm³/mol. The smallest absolute Gasteiger partial charge is 0.193 e. The molecule has 3 aliphatic heterocycles. The fraction of sp³-hybridized carbons (Fsp3) is 0.957. The van der Waals surface area contributed by atoms with Crippen molar-refractivity contribution >= 4 is 29.9 Å². The Labute approximate surface area is 206 Å². The molecule has 0 bridgehead atoms. The predicted octanol–water partition coefficient (Wildman–Crippen LogP) is 2.98. The molecule has 7 nitrogen and oxygen atoms in total. The van der Waals surface area contributed by atoms with Crippen molar-refractivity contribution in [3.63, 3.8) is 0 Å². The summed E-state index contributed by atoms with van der Waals surface area (Å²) >= 11 is 0. The van der Waals surface area contributed by atoms with Crippen LogP contribution in [-0.4, -0.2) is 99.7 Å². The fourth-order valence-corrected chi connectivity index (χ4v) is 4.68. The molecule has 0 aromatic heterocycles. The van der Waals surface area contributed by atoms with Gasteiger partial charge in [0.15, 0.2) is 5.96 Å². The summed E-state index contributed by atoms with van der Waals surface area (Å²) < 4.78 is 17.5. The van der Waals surface area contributed by atoms with Crippen molar-refractivity contribution in [2.45, 2.75) is 71.1 Å². The molecule has 182 valence electrons. The maximum atomic E-state index is 6.19. The summed E-state index contributed by atoms with van der Waals surface area (Å²) in [6.07, 6.45) is 6.41. The van der Waals surface area contributed by atoms with Crippen LogP contribution >= 0.6 is 24.0 Å². The molecule has 0 aromatic carbocycles. The fourth-order valence-electron chi connectivity index (χ4n) is 4.68. The van der Waals surface area contributed by atoms with Gasteiger partial charge in [-0.05, 0) is 44.9 Å². The van der Waals surface area contributed by atoms with Crippen molar-refractivity contribution in [3.05, 3.63) is 0 Å². The van der Waals surface area contributed by atoms with Crippen LogP contribution in [0, 0.1) is 5.92 Å². The molecule has 3 aliphatic rings. The lowest BCUT2D eigenvalue weighted by atomic mass is 10.0. The van der Waals surface area contributed by atoms with Crippen LogP contribution < -0.4 is 5.32 Å². The van der Waals surface area contributed by atoms with Crippen molar-refractivity contribution in [3.8, 4) is 0 Å². The molecule has 3 rings (SSSR count). The van der Waals surface area contributed by atoms with Crippen molar-refractivity contribution in [2.24, 2.45) is 10.9 Å². The summed E-state index contributed by atoms with van der Waals surface area (Å²) in [7, 11) is 0. The highest BCUT2D eigenvalue weighted by atomic mass is 127. The molecule has 3 heterocycles. The zero-order valence-electron chi connectivity index (χ0n) is 19.9. The van der Waals surface area contributed by atoms with Crippen LogP contribution in [0.5, 0.6) is 0 Å². The number of nitrogens with zero attached hydrogens (tertiary/aromatic N) is 3. The standard InChI is InChI=1S/C23H44N4O3.HI/c1-4-24-23(25-17-22(19(2)3)26-12-15-28-16-13-26)27-10-8-20(9-11-27)30-18-21-7-5-6-14-29-21;/h19-22H,4-18H2,1-3H3,(H,24,25);1H. The number of nitrogens with one attached hydrogen (secondary N) is 1. The second kappa shape index (κ2) is 14.9. The van der Waals surface area contributed by atoms with E-state index in [1.807, 2.05) is 0 Å². The van der Waals surface area contributed by atoms with Gasteiger partial charge in [-0.15, -0.1) is 24.0 Å². The first-order valence-electron chi connectivity index (χ1n) is 12.3. The highest BCUT2D eigenvalue weighted by Crippen LogP contribution is 2.19. The number of aliphatic imine (C=N–C) groups is 1. The maximum Gasteiger partial charge on any atom is 0.193 e. The van der Waals surface area contributed by atoms with Gasteiger partial charge in [0, 0.05) is 45.4 Å². The number of likely N-dealkylation sites (tertiary alicyclic amines) is 1. The van der Waals surface area contributed by atoms with Gasteiger partial charge in [0.2, 0.25) is 0 Å². The van der Waals surface area contributed by atoms with E-state index in [-0.39, 0.29) is 24.0 Å². The van der Waals surface area contributed by atoms with E-state index in [4.69, 9.17) is 19.2 Å². The molecule has 2 atom stereocenters. The lowest BCUT2D eigenvalue weighted by Gasteiger charge is -2.37. The summed E-state index contributed by atoms with van der Waals surface area (Å²) in [4.78, 5) is 10.0. The summed E-state index contributed by atoms with van der Waals surface area (Å²) in [5.74, 6) is 1.64. The molecule has 8 heteroatoms. The minimum atomic E-state index is 0. The maximum absolute atomic E-state index is 6.19. The number of ether oxygens (including phenoxy) is 3. The third kappa shape index (κ3) is 8.95. The van der Waals surface area contributed by atoms with Crippen molar-refractivity contribution in [1.82, 2.24) is 15.1 Å². The van der Waals surface area contributed by atoms with Crippen molar-refractivity contribution in [1.29, 1.82) is 0 Å². The highest BCUT2D eigenvalue weighted by Gasteiger charge is 2.26. The summed E-state index contributed by atoms with van der Waals surface area (Å²) in [6.45, 7) is 15.9. The van der Waals surface area contributed by atoms with E-state index >= 15 is 0 Å². The van der Waals surface area contributed by atoms with E-state index in [1.165, 1.54) is 12.8 Å². The van der Waals surface area contributed by atoms with Gasteiger partial charge in [-0.25, -0.2) is 0 Å². The zero-order valence-corrected chi connectivity index (χ0v) is 22.2. The Morgan fingerprint density at radius 3 is 2.42 bits per heavy atom. The minimum Gasteiger partial charge on any atom is -0.379 e. The molecule has 0 saturated carbocycles. The first-order chi connectivity index (χ1) is 14.7. The topological polar surface area (TPSA) is 58.6 Å².